The number of rotatable bonds is 3. The molecule has 0 bridgehead atoms. The number of carbonyl (C=O) groups excluding carboxylic acids is 2. The molecule has 5 heteroatoms. The van der Waals surface area contributed by atoms with Gasteiger partial charge in [0.2, 0.25) is 11.8 Å². The summed E-state index contributed by atoms with van der Waals surface area (Å²) in [6.07, 6.45) is 5.98. The Bertz CT molecular complexity index is 332. The Morgan fingerprint density at radius 1 is 1.33 bits per heavy atom. The van der Waals surface area contributed by atoms with E-state index in [0.29, 0.717) is 18.0 Å². The molecule has 0 radical (unpaired) electrons. The van der Waals surface area contributed by atoms with Crippen molar-refractivity contribution in [1.82, 2.24) is 10.2 Å². The molecule has 0 aromatic carbocycles. The molecule has 1 heterocycles. The van der Waals surface area contributed by atoms with Gasteiger partial charge in [-0.25, -0.2) is 0 Å². The molecule has 3 atom stereocenters. The quantitative estimate of drug-likeness (QED) is 0.756. The molecule has 1 aliphatic carbocycles. The minimum absolute atomic E-state index is 0.0405. The Morgan fingerprint density at radius 3 is 2.78 bits per heavy atom. The van der Waals surface area contributed by atoms with Gasteiger partial charge in [0.15, 0.2) is 0 Å². The summed E-state index contributed by atoms with van der Waals surface area (Å²) in [5.41, 5.74) is 5.21. The molecule has 18 heavy (non-hydrogen) atoms. The van der Waals surface area contributed by atoms with E-state index in [-0.39, 0.29) is 24.9 Å². The van der Waals surface area contributed by atoms with Crippen molar-refractivity contribution in [3.63, 3.8) is 0 Å². The number of nitrogens with one attached hydrogen (secondary N) is 1. The van der Waals surface area contributed by atoms with Gasteiger partial charge < -0.3 is 16.0 Å². The van der Waals surface area contributed by atoms with Crippen LogP contribution >= 0.6 is 0 Å². The summed E-state index contributed by atoms with van der Waals surface area (Å²) in [4.78, 5) is 25.3. The number of fused-ring (bicyclic) bond motifs is 1. The molecule has 2 aliphatic rings. The van der Waals surface area contributed by atoms with E-state index in [1.807, 2.05) is 4.90 Å². The first-order valence-electron chi connectivity index (χ1n) is 6.91. The first kappa shape index (κ1) is 13.3. The van der Waals surface area contributed by atoms with Gasteiger partial charge in [0.25, 0.3) is 0 Å². The Labute approximate surface area is 108 Å². The van der Waals surface area contributed by atoms with Crippen LogP contribution in [0.5, 0.6) is 0 Å². The summed E-state index contributed by atoms with van der Waals surface area (Å²) < 4.78 is 0. The molecule has 0 aromatic rings. The standard InChI is InChI=1S/C13H23N3O2/c1-9-6-10-4-2-3-5-11(10)16(9)13(18)8-15-12(17)7-14/h9-11H,2-8,14H2,1H3,(H,15,17). The summed E-state index contributed by atoms with van der Waals surface area (Å²) in [6, 6.07) is 0.705. The van der Waals surface area contributed by atoms with Crippen molar-refractivity contribution in [3.8, 4) is 0 Å². The van der Waals surface area contributed by atoms with E-state index in [2.05, 4.69) is 12.2 Å². The fourth-order valence-electron chi connectivity index (χ4n) is 3.48. The normalized spacial score (nSPS) is 31.0. The Kier molecular flexibility index (Phi) is 4.22. The highest BCUT2D eigenvalue weighted by atomic mass is 16.2. The second-order valence-electron chi connectivity index (χ2n) is 5.48. The largest absolute Gasteiger partial charge is 0.346 e. The number of likely N-dealkylation sites (tertiary alicyclic amines) is 1. The van der Waals surface area contributed by atoms with Crippen LogP contribution in [0.15, 0.2) is 0 Å². The second kappa shape index (κ2) is 5.69. The molecule has 2 rings (SSSR count). The second-order valence-corrected chi connectivity index (χ2v) is 5.48. The zero-order valence-electron chi connectivity index (χ0n) is 11.0. The molecule has 3 N–H and O–H groups in total. The molecule has 5 nitrogen and oxygen atoms in total. The fraction of sp³-hybridized carbons (Fsp3) is 0.846. The molecule has 1 saturated carbocycles. The Morgan fingerprint density at radius 2 is 2.06 bits per heavy atom. The van der Waals surface area contributed by atoms with Crippen LogP contribution in [0, 0.1) is 5.92 Å². The maximum atomic E-state index is 12.2. The molecule has 2 fully saturated rings. The van der Waals surface area contributed by atoms with Crippen LogP contribution < -0.4 is 11.1 Å². The molecular weight excluding hydrogens is 230 g/mol. The van der Waals surface area contributed by atoms with Crippen LogP contribution in [0.1, 0.15) is 39.0 Å². The first-order valence-corrected chi connectivity index (χ1v) is 6.91. The van der Waals surface area contributed by atoms with Gasteiger partial charge in [-0.1, -0.05) is 12.8 Å². The van der Waals surface area contributed by atoms with Crippen molar-refractivity contribution in [2.75, 3.05) is 13.1 Å². The highest BCUT2D eigenvalue weighted by Gasteiger charge is 2.42. The number of hydrogen-bond donors (Lipinski definition) is 2. The van der Waals surface area contributed by atoms with Gasteiger partial charge in [-0.2, -0.15) is 0 Å². The smallest absolute Gasteiger partial charge is 0.242 e. The number of nitrogens with zero attached hydrogens (tertiary/aromatic N) is 1. The summed E-state index contributed by atoms with van der Waals surface area (Å²) >= 11 is 0. The van der Waals surface area contributed by atoms with Crippen LogP contribution in [-0.4, -0.2) is 41.9 Å². The average molecular weight is 253 g/mol. The van der Waals surface area contributed by atoms with Gasteiger partial charge in [-0.3, -0.25) is 9.59 Å². The van der Waals surface area contributed by atoms with E-state index in [9.17, 15) is 9.59 Å². The highest BCUT2D eigenvalue weighted by molar-refractivity contribution is 5.86. The minimum atomic E-state index is -0.268. The van der Waals surface area contributed by atoms with Crippen LogP contribution in [0.4, 0.5) is 0 Å². The fourth-order valence-corrected chi connectivity index (χ4v) is 3.48. The lowest BCUT2D eigenvalue weighted by atomic mass is 9.85. The zero-order valence-corrected chi connectivity index (χ0v) is 11.0. The van der Waals surface area contributed by atoms with E-state index in [1.165, 1.54) is 19.3 Å². The molecule has 0 spiro atoms. The summed E-state index contributed by atoms with van der Waals surface area (Å²) in [5.74, 6) is 0.442. The van der Waals surface area contributed by atoms with Gasteiger partial charge in [0, 0.05) is 12.1 Å². The third-order valence-electron chi connectivity index (χ3n) is 4.26. The first-order chi connectivity index (χ1) is 8.63. The van der Waals surface area contributed by atoms with Crippen LogP contribution in [0.25, 0.3) is 0 Å². The lowest BCUT2D eigenvalue weighted by molar-refractivity contribution is -0.135. The van der Waals surface area contributed by atoms with Gasteiger partial charge in [-0.15, -0.1) is 0 Å². The van der Waals surface area contributed by atoms with Gasteiger partial charge in [0.05, 0.1) is 13.1 Å². The lowest BCUT2D eigenvalue weighted by Crippen LogP contribution is -2.47. The van der Waals surface area contributed by atoms with E-state index in [1.54, 1.807) is 0 Å². The van der Waals surface area contributed by atoms with E-state index < -0.39 is 0 Å². The van der Waals surface area contributed by atoms with Crippen LogP contribution in [0.2, 0.25) is 0 Å². The van der Waals surface area contributed by atoms with Crippen molar-refractivity contribution < 1.29 is 9.59 Å². The van der Waals surface area contributed by atoms with Crippen molar-refractivity contribution in [2.45, 2.75) is 51.1 Å². The highest BCUT2D eigenvalue weighted by Crippen LogP contribution is 2.39. The van der Waals surface area contributed by atoms with Crippen molar-refractivity contribution in [2.24, 2.45) is 11.7 Å². The predicted octanol–water partition coefficient (Wildman–Crippen LogP) is 0.241. The van der Waals surface area contributed by atoms with Crippen molar-refractivity contribution >= 4 is 11.8 Å². The summed E-state index contributed by atoms with van der Waals surface area (Å²) in [5, 5.41) is 2.57. The molecule has 2 amide bonds. The van der Waals surface area contributed by atoms with Crippen molar-refractivity contribution in [1.29, 1.82) is 0 Å². The number of amides is 2. The Hall–Kier alpha value is -1.10. The molecule has 0 aromatic heterocycles. The minimum Gasteiger partial charge on any atom is -0.346 e. The molecule has 3 unspecified atom stereocenters. The number of carbonyl (C=O) groups is 2. The number of nitrogens with two attached hydrogens (primary N) is 1. The Balaban J connectivity index is 1.94. The van der Waals surface area contributed by atoms with Crippen LogP contribution in [0.3, 0.4) is 0 Å². The molecule has 1 saturated heterocycles. The molecule has 102 valence electrons. The van der Waals surface area contributed by atoms with E-state index in [4.69, 9.17) is 5.73 Å². The van der Waals surface area contributed by atoms with E-state index >= 15 is 0 Å². The number of hydrogen-bond acceptors (Lipinski definition) is 3. The van der Waals surface area contributed by atoms with Gasteiger partial charge >= 0.3 is 0 Å². The van der Waals surface area contributed by atoms with Crippen molar-refractivity contribution in [3.05, 3.63) is 0 Å². The maximum Gasteiger partial charge on any atom is 0.242 e. The maximum absolute atomic E-state index is 12.2. The molecular formula is C13H23N3O2. The lowest BCUT2D eigenvalue weighted by Gasteiger charge is -2.33. The van der Waals surface area contributed by atoms with Gasteiger partial charge in [0.1, 0.15) is 0 Å². The monoisotopic (exact) mass is 253 g/mol. The summed E-state index contributed by atoms with van der Waals surface area (Å²) in [6.45, 7) is 2.14. The topological polar surface area (TPSA) is 75.4 Å². The van der Waals surface area contributed by atoms with Gasteiger partial charge in [-0.05, 0) is 32.1 Å². The third-order valence-corrected chi connectivity index (χ3v) is 4.26. The third kappa shape index (κ3) is 2.66. The molecule has 1 aliphatic heterocycles. The van der Waals surface area contributed by atoms with E-state index in [0.717, 1.165) is 12.8 Å². The SMILES string of the molecule is CC1CC2CCCCC2N1C(=O)CNC(=O)CN. The predicted molar refractivity (Wildman–Crippen MR) is 68.7 cm³/mol. The zero-order chi connectivity index (χ0) is 13.1. The summed E-state index contributed by atoms with van der Waals surface area (Å²) in [7, 11) is 0. The van der Waals surface area contributed by atoms with Crippen LogP contribution in [-0.2, 0) is 9.59 Å². The average Bonchev–Trinajstić information content (AvgIpc) is 2.71.